The van der Waals surface area contributed by atoms with E-state index in [1.54, 1.807) is 4.57 Å². The van der Waals surface area contributed by atoms with E-state index in [-0.39, 0.29) is 5.92 Å². The Morgan fingerprint density at radius 1 is 1.27 bits per heavy atom. The van der Waals surface area contributed by atoms with Crippen molar-refractivity contribution in [3.8, 4) is 0 Å². The number of alkyl halides is 3. The highest BCUT2D eigenvalue weighted by Crippen LogP contribution is 2.30. The summed E-state index contributed by atoms with van der Waals surface area (Å²) < 4.78 is 52.2. The smallest absolute Gasteiger partial charge is 0.354 e. The van der Waals surface area contributed by atoms with Crippen molar-refractivity contribution in [3.05, 3.63) is 35.9 Å². The van der Waals surface area contributed by atoms with Gasteiger partial charge in [-0.05, 0) is 12.3 Å². The molecule has 0 saturated carbocycles. The molecule has 2 aromatic rings. The van der Waals surface area contributed by atoms with Crippen molar-refractivity contribution in [3.63, 3.8) is 0 Å². The Bertz CT molecular complexity index is 649. The van der Waals surface area contributed by atoms with Gasteiger partial charge < -0.3 is 9.88 Å². The summed E-state index contributed by atoms with van der Waals surface area (Å²) in [5.41, 5.74) is -0.849. The molecule has 0 aromatic carbocycles. The summed E-state index contributed by atoms with van der Waals surface area (Å²) in [6, 6.07) is 0. The minimum Gasteiger partial charge on any atom is -0.354 e. The topological polar surface area (TPSA) is 55.6 Å². The molecule has 1 aliphatic rings. The fraction of sp³-hybridized carbons (Fsp3) is 0.462. The van der Waals surface area contributed by atoms with Crippen LogP contribution in [0.1, 0.15) is 17.9 Å². The average molecular weight is 315 g/mol. The van der Waals surface area contributed by atoms with E-state index in [2.05, 4.69) is 20.3 Å². The highest BCUT2D eigenvalue weighted by Gasteiger charge is 2.35. The van der Waals surface area contributed by atoms with Gasteiger partial charge in [-0.3, -0.25) is 0 Å². The summed E-state index contributed by atoms with van der Waals surface area (Å²) in [6.45, 7) is 0.956. The van der Waals surface area contributed by atoms with Crippen molar-refractivity contribution in [1.82, 2.24) is 19.5 Å². The molecule has 0 aliphatic carbocycles. The van der Waals surface area contributed by atoms with E-state index >= 15 is 0 Å². The van der Waals surface area contributed by atoms with E-state index < -0.39 is 17.7 Å². The molecule has 0 spiro atoms. The van der Waals surface area contributed by atoms with Gasteiger partial charge in [0.1, 0.15) is 5.82 Å². The van der Waals surface area contributed by atoms with Crippen LogP contribution < -0.4 is 5.32 Å². The van der Waals surface area contributed by atoms with Gasteiger partial charge in [-0.25, -0.2) is 19.3 Å². The van der Waals surface area contributed by atoms with Crippen LogP contribution in [0.5, 0.6) is 0 Å². The minimum atomic E-state index is -4.42. The van der Waals surface area contributed by atoms with Crippen molar-refractivity contribution in [2.75, 3.05) is 11.9 Å². The number of hydrogen-bond acceptors (Lipinski definition) is 4. The average Bonchev–Trinajstić information content (AvgIpc) is 2.90. The second-order valence-corrected chi connectivity index (χ2v) is 5.20. The second-order valence-electron chi connectivity index (χ2n) is 5.20. The third-order valence-corrected chi connectivity index (χ3v) is 3.55. The van der Waals surface area contributed by atoms with Crippen molar-refractivity contribution in [2.24, 2.45) is 5.92 Å². The lowest BCUT2D eigenvalue weighted by molar-refractivity contribution is -0.141. The van der Waals surface area contributed by atoms with Crippen molar-refractivity contribution in [1.29, 1.82) is 0 Å². The monoisotopic (exact) mass is 315 g/mol. The van der Waals surface area contributed by atoms with Crippen molar-refractivity contribution in [2.45, 2.75) is 25.6 Å². The molecular weight excluding hydrogens is 302 g/mol. The molecule has 0 bridgehead atoms. The number of imidazole rings is 1. The maximum atomic E-state index is 12.7. The summed E-state index contributed by atoms with van der Waals surface area (Å²) in [6.07, 6.45) is -0.0370. The normalized spacial score (nSPS) is 18.1. The molecule has 22 heavy (non-hydrogen) atoms. The molecule has 0 fully saturated rings. The maximum absolute atomic E-state index is 12.7. The molecule has 5 nitrogen and oxygen atoms in total. The zero-order chi connectivity index (χ0) is 15.7. The molecule has 3 heterocycles. The first kappa shape index (κ1) is 14.7. The lowest BCUT2D eigenvalue weighted by Gasteiger charge is -2.23. The fourth-order valence-corrected chi connectivity index (χ4v) is 2.46. The van der Waals surface area contributed by atoms with E-state index in [4.69, 9.17) is 0 Å². The predicted molar refractivity (Wildman–Crippen MR) is 69.5 cm³/mol. The number of anilines is 1. The molecule has 1 aliphatic heterocycles. The number of nitrogens with zero attached hydrogens (tertiary/aromatic N) is 4. The van der Waals surface area contributed by atoms with Gasteiger partial charge in [-0.1, -0.05) is 0 Å². The van der Waals surface area contributed by atoms with Gasteiger partial charge in [0, 0.05) is 25.7 Å². The molecule has 1 atom stereocenters. The number of halogens is 4. The van der Waals surface area contributed by atoms with E-state index in [0.29, 0.717) is 31.3 Å². The van der Waals surface area contributed by atoms with Crippen LogP contribution in [-0.2, 0) is 19.1 Å². The zero-order valence-electron chi connectivity index (χ0n) is 11.4. The summed E-state index contributed by atoms with van der Waals surface area (Å²) in [5, 5.41) is 2.96. The molecular formula is C13H13F4N5. The van der Waals surface area contributed by atoms with Gasteiger partial charge >= 0.3 is 6.18 Å². The highest BCUT2D eigenvalue weighted by atomic mass is 19.4. The Morgan fingerprint density at radius 3 is 2.68 bits per heavy atom. The highest BCUT2D eigenvalue weighted by molar-refractivity contribution is 5.22. The number of nitrogens with one attached hydrogen (secondary N) is 1. The SMILES string of the molecule is Fc1cnc(NC[C@H]2CCc3nc(C(F)(F)F)cn3C2)nc1. The molecule has 118 valence electrons. The third kappa shape index (κ3) is 3.18. The first-order valence-corrected chi connectivity index (χ1v) is 6.76. The van der Waals surface area contributed by atoms with Crippen LogP contribution in [0.2, 0.25) is 0 Å². The first-order chi connectivity index (χ1) is 10.4. The van der Waals surface area contributed by atoms with Crippen LogP contribution in [0.3, 0.4) is 0 Å². The van der Waals surface area contributed by atoms with E-state index in [0.717, 1.165) is 25.0 Å². The molecule has 0 unspecified atom stereocenters. The first-order valence-electron chi connectivity index (χ1n) is 6.76. The van der Waals surface area contributed by atoms with Crippen LogP contribution in [0.15, 0.2) is 18.6 Å². The predicted octanol–water partition coefficient (Wildman–Crippen LogP) is 2.51. The lowest BCUT2D eigenvalue weighted by Crippen LogP contribution is -2.26. The summed E-state index contributed by atoms with van der Waals surface area (Å²) in [4.78, 5) is 11.2. The fourth-order valence-electron chi connectivity index (χ4n) is 2.46. The van der Waals surface area contributed by atoms with Crippen LogP contribution in [0.25, 0.3) is 0 Å². The van der Waals surface area contributed by atoms with E-state index in [1.807, 2.05) is 0 Å². The Labute approximate surface area is 123 Å². The lowest BCUT2D eigenvalue weighted by atomic mass is 9.99. The zero-order valence-corrected chi connectivity index (χ0v) is 11.4. The Kier molecular flexibility index (Phi) is 3.71. The molecule has 2 aromatic heterocycles. The molecule has 1 N–H and O–H groups in total. The Hall–Kier alpha value is -2.19. The Morgan fingerprint density at radius 2 is 2.00 bits per heavy atom. The molecule has 0 saturated heterocycles. The number of hydrogen-bond donors (Lipinski definition) is 1. The van der Waals surface area contributed by atoms with Crippen molar-refractivity contribution >= 4 is 5.95 Å². The van der Waals surface area contributed by atoms with E-state index in [9.17, 15) is 17.6 Å². The van der Waals surface area contributed by atoms with Crippen LogP contribution in [0, 0.1) is 11.7 Å². The quantitative estimate of drug-likeness (QED) is 0.884. The van der Waals surface area contributed by atoms with Gasteiger partial charge in [-0.2, -0.15) is 13.2 Å². The largest absolute Gasteiger partial charge is 0.434 e. The standard InChI is InChI=1S/C13H13F4N5/c14-9-4-19-12(20-5-9)18-3-8-1-2-11-21-10(13(15,16)17)7-22(11)6-8/h4-5,7-8H,1-3,6H2,(H,18,19,20)/t8-/m1/s1. The van der Waals surface area contributed by atoms with Gasteiger partial charge in [0.15, 0.2) is 11.5 Å². The van der Waals surface area contributed by atoms with Crippen LogP contribution in [-0.4, -0.2) is 26.1 Å². The van der Waals surface area contributed by atoms with Crippen LogP contribution >= 0.6 is 0 Å². The molecule has 0 amide bonds. The third-order valence-electron chi connectivity index (χ3n) is 3.55. The number of aromatic nitrogens is 4. The summed E-state index contributed by atoms with van der Waals surface area (Å²) in [7, 11) is 0. The second kappa shape index (κ2) is 5.54. The van der Waals surface area contributed by atoms with Crippen molar-refractivity contribution < 1.29 is 17.6 Å². The maximum Gasteiger partial charge on any atom is 0.434 e. The Balaban J connectivity index is 1.62. The number of aryl methyl sites for hydroxylation is 1. The summed E-state index contributed by atoms with van der Waals surface area (Å²) in [5.74, 6) is 0.373. The summed E-state index contributed by atoms with van der Waals surface area (Å²) >= 11 is 0. The molecule has 3 rings (SSSR count). The van der Waals surface area contributed by atoms with E-state index in [1.165, 1.54) is 0 Å². The van der Waals surface area contributed by atoms with Gasteiger partial charge in [0.2, 0.25) is 5.95 Å². The molecule has 9 heteroatoms. The van der Waals surface area contributed by atoms with Gasteiger partial charge in [-0.15, -0.1) is 0 Å². The minimum absolute atomic E-state index is 0.136. The van der Waals surface area contributed by atoms with Crippen LogP contribution in [0.4, 0.5) is 23.5 Å². The van der Waals surface area contributed by atoms with Gasteiger partial charge in [0.25, 0.3) is 0 Å². The van der Waals surface area contributed by atoms with Gasteiger partial charge in [0.05, 0.1) is 12.4 Å². The number of fused-ring (bicyclic) bond motifs is 1. The molecule has 0 radical (unpaired) electrons. The number of rotatable bonds is 3.